The van der Waals surface area contributed by atoms with E-state index in [1.165, 1.54) is 0 Å². The van der Waals surface area contributed by atoms with Gasteiger partial charge >= 0.3 is 5.97 Å². The number of hydrogen-bond donors (Lipinski definition) is 1. The van der Waals surface area contributed by atoms with E-state index in [1.807, 2.05) is 0 Å². The van der Waals surface area contributed by atoms with Crippen molar-refractivity contribution in [2.45, 2.75) is 32.1 Å². The third-order valence-electron chi connectivity index (χ3n) is 1.30. The van der Waals surface area contributed by atoms with Crippen LogP contribution in [0.1, 0.15) is 32.1 Å². The molecule has 0 aliphatic heterocycles. The molecular weight excluding hydrogens is 148 g/mol. The second kappa shape index (κ2) is 7.21. The highest BCUT2D eigenvalue weighted by Crippen LogP contribution is 2.01. The summed E-state index contributed by atoms with van der Waals surface area (Å²) in [4.78, 5) is 23.6. The molecule has 0 saturated heterocycles. The van der Waals surface area contributed by atoms with Crippen LogP contribution in [0.25, 0.3) is 0 Å². The van der Waals surface area contributed by atoms with Gasteiger partial charge in [0.25, 0.3) is 0 Å². The molecule has 0 bridgehead atoms. The van der Waals surface area contributed by atoms with Crippen molar-refractivity contribution in [2.24, 2.45) is 0 Å². The normalized spacial score (nSPS) is 9.18. The molecule has 0 atom stereocenters. The molecule has 0 aliphatic rings. The highest BCUT2D eigenvalue weighted by molar-refractivity contribution is 5.68. The zero-order valence-electron chi connectivity index (χ0n) is 6.28. The van der Waals surface area contributed by atoms with Gasteiger partial charge in [-0.15, -0.1) is 0 Å². The Morgan fingerprint density at radius 2 is 2.09 bits per heavy atom. The van der Waals surface area contributed by atoms with Gasteiger partial charge < -0.3 is 9.68 Å². The Bertz CT molecular complexity index is 122. The molecule has 0 heterocycles. The lowest BCUT2D eigenvalue weighted by Gasteiger charge is -1.95. The van der Waals surface area contributed by atoms with Crippen molar-refractivity contribution < 1.29 is 19.7 Å². The van der Waals surface area contributed by atoms with E-state index in [0.29, 0.717) is 12.8 Å². The van der Waals surface area contributed by atoms with Gasteiger partial charge in [-0.3, -0.25) is 0 Å². The molecule has 0 aromatic rings. The average molecular weight is 160 g/mol. The van der Waals surface area contributed by atoms with E-state index in [1.54, 1.807) is 0 Å². The summed E-state index contributed by atoms with van der Waals surface area (Å²) in [5, 5.41) is 7.83. The van der Waals surface area contributed by atoms with Crippen LogP contribution in [0.4, 0.5) is 0 Å². The Labute approximate surface area is 65.1 Å². The van der Waals surface area contributed by atoms with Crippen molar-refractivity contribution in [2.75, 3.05) is 0 Å². The molecule has 0 unspecified atom stereocenters. The van der Waals surface area contributed by atoms with Gasteiger partial charge in [0.1, 0.15) is 6.29 Å². The minimum atomic E-state index is -0.615. The van der Waals surface area contributed by atoms with Crippen molar-refractivity contribution in [3.8, 4) is 0 Å². The van der Waals surface area contributed by atoms with Crippen LogP contribution < -0.4 is 0 Å². The number of hydrogen-bond acceptors (Lipinski definition) is 4. The van der Waals surface area contributed by atoms with E-state index < -0.39 is 5.97 Å². The Balaban J connectivity index is 3.01. The van der Waals surface area contributed by atoms with E-state index in [2.05, 4.69) is 4.89 Å². The maximum absolute atomic E-state index is 10.3. The topological polar surface area (TPSA) is 63.6 Å². The van der Waals surface area contributed by atoms with Crippen LogP contribution >= 0.6 is 0 Å². The summed E-state index contributed by atoms with van der Waals surface area (Å²) in [5.74, 6) is -0.615. The van der Waals surface area contributed by atoms with E-state index >= 15 is 0 Å². The fourth-order valence-corrected chi connectivity index (χ4v) is 0.719. The maximum atomic E-state index is 10.3. The number of rotatable bonds is 6. The summed E-state index contributed by atoms with van der Waals surface area (Å²) in [5.41, 5.74) is 0. The van der Waals surface area contributed by atoms with Crippen molar-refractivity contribution >= 4 is 12.3 Å². The molecule has 11 heavy (non-hydrogen) atoms. The Morgan fingerprint density at radius 3 is 2.64 bits per heavy atom. The smallest absolute Gasteiger partial charge is 0.303 e. The number of carbonyl (C=O) groups excluding carboxylic acids is 2. The second-order valence-electron chi connectivity index (χ2n) is 2.23. The first-order chi connectivity index (χ1) is 5.31. The van der Waals surface area contributed by atoms with Gasteiger partial charge in [-0.25, -0.2) is 4.79 Å². The molecule has 0 rings (SSSR count). The van der Waals surface area contributed by atoms with Gasteiger partial charge in [0.05, 0.1) is 0 Å². The summed E-state index contributed by atoms with van der Waals surface area (Å²) >= 11 is 0. The summed E-state index contributed by atoms with van der Waals surface area (Å²) in [6.45, 7) is 0. The maximum Gasteiger partial charge on any atom is 0.342 e. The molecule has 0 aliphatic carbocycles. The predicted molar refractivity (Wildman–Crippen MR) is 37.9 cm³/mol. The minimum Gasteiger partial charge on any atom is -0.303 e. The zero-order valence-corrected chi connectivity index (χ0v) is 6.28. The first-order valence-corrected chi connectivity index (χ1v) is 3.59. The quantitative estimate of drug-likeness (QED) is 0.274. The minimum absolute atomic E-state index is 0.218. The molecule has 1 N–H and O–H groups in total. The molecule has 0 aromatic heterocycles. The monoisotopic (exact) mass is 160 g/mol. The van der Waals surface area contributed by atoms with Crippen molar-refractivity contribution in [1.29, 1.82) is 0 Å². The third kappa shape index (κ3) is 6.99. The first-order valence-electron chi connectivity index (χ1n) is 3.59. The molecule has 64 valence electrons. The fraction of sp³-hybridized carbons (Fsp3) is 0.714. The summed E-state index contributed by atoms with van der Waals surface area (Å²) < 4.78 is 0. The van der Waals surface area contributed by atoms with Crippen LogP contribution in [0.15, 0.2) is 0 Å². The zero-order chi connectivity index (χ0) is 8.53. The van der Waals surface area contributed by atoms with Crippen molar-refractivity contribution in [3.05, 3.63) is 0 Å². The van der Waals surface area contributed by atoms with Crippen molar-refractivity contribution in [3.63, 3.8) is 0 Å². The lowest BCUT2D eigenvalue weighted by atomic mass is 10.1. The van der Waals surface area contributed by atoms with Gasteiger partial charge in [0.15, 0.2) is 0 Å². The van der Waals surface area contributed by atoms with Gasteiger partial charge in [-0.1, -0.05) is 6.42 Å². The van der Waals surface area contributed by atoms with Gasteiger partial charge in [0.2, 0.25) is 0 Å². The van der Waals surface area contributed by atoms with Gasteiger partial charge in [0, 0.05) is 12.8 Å². The molecule has 0 saturated carbocycles. The van der Waals surface area contributed by atoms with Crippen LogP contribution in [0.5, 0.6) is 0 Å². The average Bonchev–Trinajstić information content (AvgIpc) is 2.04. The Morgan fingerprint density at radius 1 is 1.36 bits per heavy atom. The SMILES string of the molecule is O=CCCCCCC(=O)OO. The number of aldehydes is 1. The van der Waals surface area contributed by atoms with Crippen LogP contribution in [-0.2, 0) is 14.5 Å². The molecule has 0 aromatic carbocycles. The molecule has 0 amide bonds. The van der Waals surface area contributed by atoms with Gasteiger partial charge in [-0.2, -0.15) is 5.26 Å². The fourth-order valence-electron chi connectivity index (χ4n) is 0.719. The summed E-state index contributed by atoms with van der Waals surface area (Å²) in [6.07, 6.45) is 3.87. The lowest BCUT2D eigenvalue weighted by molar-refractivity contribution is -0.234. The lowest BCUT2D eigenvalue weighted by Crippen LogP contribution is -1.99. The molecule has 0 fully saturated rings. The van der Waals surface area contributed by atoms with Crippen LogP contribution in [0, 0.1) is 0 Å². The van der Waals surface area contributed by atoms with E-state index in [9.17, 15) is 9.59 Å². The second-order valence-corrected chi connectivity index (χ2v) is 2.23. The third-order valence-corrected chi connectivity index (χ3v) is 1.30. The summed E-state index contributed by atoms with van der Waals surface area (Å²) in [6, 6.07) is 0. The van der Waals surface area contributed by atoms with Crippen molar-refractivity contribution in [1.82, 2.24) is 0 Å². The Hall–Kier alpha value is -0.900. The molecular formula is C7H12O4. The summed E-state index contributed by atoms with van der Waals surface area (Å²) in [7, 11) is 0. The first kappa shape index (κ1) is 10.1. The largest absolute Gasteiger partial charge is 0.342 e. The standard InChI is InChI=1S/C7H12O4/c8-6-4-2-1-3-5-7(9)11-10/h6,10H,1-5H2. The number of carbonyl (C=O) groups is 2. The molecule has 0 spiro atoms. The highest BCUT2D eigenvalue weighted by Gasteiger charge is 1.99. The molecule has 0 radical (unpaired) electrons. The predicted octanol–water partition coefficient (Wildman–Crippen LogP) is 1.15. The number of unbranched alkanes of at least 4 members (excludes halogenated alkanes) is 3. The van der Waals surface area contributed by atoms with Crippen LogP contribution in [0.3, 0.4) is 0 Å². The van der Waals surface area contributed by atoms with E-state index in [4.69, 9.17) is 5.26 Å². The molecule has 4 nitrogen and oxygen atoms in total. The van der Waals surface area contributed by atoms with Gasteiger partial charge in [-0.05, 0) is 12.8 Å². The van der Waals surface area contributed by atoms with E-state index in [-0.39, 0.29) is 6.42 Å². The van der Waals surface area contributed by atoms with Crippen LogP contribution in [-0.4, -0.2) is 17.5 Å². The molecule has 4 heteroatoms. The van der Waals surface area contributed by atoms with Crippen LogP contribution in [0.2, 0.25) is 0 Å². The van der Waals surface area contributed by atoms with E-state index in [0.717, 1.165) is 19.1 Å². The highest BCUT2D eigenvalue weighted by atomic mass is 17.1. The Kier molecular flexibility index (Phi) is 6.62.